The predicted octanol–water partition coefficient (Wildman–Crippen LogP) is 5.56. The van der Waals surface area contributed by atoms with Gasteiger partial charge in [0, 0.05) is 0 Å². The number of benzene rings is 4. The van der Waals surface area contributed by atoms with E-state index in [0.29, 0.717) is 10.8 Å². The standard InChI is InChI=1S/C24H14F2O4/c25-19-9-3-5-11-21(19)29-23(27)17-13-14-18(16-8-2-1-7-15(16)17)24(28)30-22-12-6-4-10-20(22)26/h1-14H. The normalized spacial score (nSPS) is 10.6. The van der Waals surface area contributed by atoms with Gasteiger partial charge < -0.3 is 9.47 Å². The number of esters is 2. The van der Waals surface area contributed by atoms with Gasteiger partial charge in [0.05, 0.1) is 11.1 Å². The van der Waals surface area contributed by atoms with Crippen molar-refractivity contribution in [2.24, 2.45) is 0 Å². The highest BCUT2D eigenvalue weighted by Gasteiger charge is 2.20. The number of fused-ring (bicyclic) bond motifs is 1. The molecule has 4 nitrogen and oxygen atoms in total. The van der Waals surface area contributed by atoms with Crippen molar-refractivity contribution in [1.82, 2.24) is 0 Å². The number of hydrogen-bond donors (Lipinski definition) is 0. The van der Waals surface area contributed by atoms with Crippen LogP contribution >= 0.6 is 0 Å². The number of ether oxygens (including phenoxy) is 2. The molecular weight excluding hydrogens is 390 g/mol. The van der Waals surface area contributed by atoms with Crippen LogP contribution in [0.15, 0.2) is 84.9 Å². The van der Waals surface area contributed by atoms with E-state index >= 15 is 0 Å². The van der Waals surface area contributed by atoms with Gasteiger partial charge in [-0.1, -0.05) is 48.5 Å². The van der Waals surface area contributed by atoms with E-state index in [9.17, 15) is 18.4 Å². The first-order chi connectivity index (χ1) is 14.5. The second-order valence-electron chi connectivity index (χ2n) is 6.35. The Hall–Kier alpha value is -4.06. The summed E-state index contributed by atoms with van der Waals surface area (Å²) in [4.78, 5) is 25.3. The lowest BCUT2D eigenvalue weighted by Crippen LogP contribution is -2.13. The lowest BCUT2D eigenvalue weighted by atomic mass is 9.99. The molecule has 0 radical (unpaired) electrons. The molecular formula is C24H14F2O4. The number of para-hydroxylation sites is 2. The summed E-state index contributed by atoms with van der Waals surface area (Å²) < 4.78 is 38.0. The minimum atomic E-state index is -0.773. The van der Waals surface area contributed by atoms with Crippen molar-refractivity contribution in [3.63, 3.8) is 0 Å². The fraction of sp³-hybridized carbons (Fsp3) is 0. The molecule has 0 unspecified atom stereocenters. The van der Waals surface area contributed by atoms with Crippen molar-refractivity contribution in [2.75, 3.05) is 0 Å². The van der Waals surface area contributed by atoms with Crippen LogP contribution in [0.5, 0.6) is 11.5 Å². The maximum Gasteiger partial charge on any atom is 0.344 e. The van der Waals surface area contributed by atoms with E-state index in [1.807, 2.05) is 0 Å². The summed E-state index contributed by atoms with van der Waals surface area (Å²) in [5.41, 5.74) is 0.299. The lowest BCUT2D eigenvalue weighted by Gasteiger charge is -2.11. The SMILES string of the molecule is O=C(Oc1ccccc1F)c1ccc(C(=O)Oc2ccccc2F)c2ccccc12. The Bertz CT molecular complexity index is 1170. The molecule has 0 aliphatic carbocycles. The summed E-state index contributed by atoms with van der Waals surface area (Å²) >= 11 is 0. The summed E-state index contributed by atoms with van der Waals surface area (Å²) in [6.07, 6.45) is 0. The second kappa shape index (κ2) is 8.13. The van der Waals surface area contributed by atoms with Crippen LogP contribution in [0.2, 0.25) is 0 Å². The molecule has 0 aliphatic rings. The van der Waals surface area contributed by atoms with Crippen molar-refractivity contribution < 1.29 is 27.8 Å². The van der Waals surface area contributed by atoms with E-state index in [4.69, 9.17) is 9.47 Å². The van der Waals surface area contributed by atoms with E-state index in [1.165, 1.54) is 48.5 Å². The predicted molar refractivity (Wildman–Crippen MR) is 107 cm³/mol. The molecule has 148 valence electrons. The molecule has 6 heteroatoms. The van der Waals surface area contributed by atoms with Crippen molar-refractivity contribution in [1.29, 1.82) is 0 Å². The molecule has 0 heterocycles. The fourth-order valence-corrected chi connectivity index (χ4v) is 3.02. The summed E-state index contributed by atoms with van der Waals surface area (Å²) in [5, 5.41) is 0.837. The molecule has 0 fully saturated rings. The Labute approximate surface area is 170 Å². The van der Waals surface area contributed by atoms with E-state index in [0.717, 1.165) is 0 Å². The molecule has 0 spiro atoms. The Morgan fingerprint density at radius 1 is 0.533 bits per heavy atom. The first kappa shape index (κ1) is 19.3. The van der Waals surface area contributed by atoms with Crippen LogP contribution in [-0.2, 0) is 0 Å². The quantitative estimate of drug-likeness (QED) is 0.330. The van der Waals surface area contributed by atoms with Gasteiger partial charge in [0.2, 0.25) is 0 Å². The van der Waals surface area contributed by atoms with Gasteiger partial charge in [0.15, 0.2) is 23.1 Å². The average Bonchev–Trinajstić information content (AvgIpc) is 2.76. The molecule has 4 rings (SSSR count). The molecule has 4 aromatic rings. The van der Waals surface area contributed by atoms with Crippen molar-refractivity contribution in [2.45, 2.75) is 0 Å². The number of rotatable bonds is 4. The Kier molecular flexibility index (Phi) is 5.22. The number of halogens is 2. The molecule has 0 saturated carbocycles. The van der Waals surface area contributed by atoms with Crippen LogP contribution in [-0.4, -0.2) is 11.9 Å². The van der Waals surface area contributed by atoms with Crippen molar-refractivity contribution in [3.8, 4) is 11.5 Å². The van der Waals surface area contributed by atoms with Crippen molar-refractivity contribution in [3.05, 3.63) is 108 Å². The highest BCUT2D eigenvalue weighted by atomic mass is 19.1. The van der Waals surface area contributed by atoms with E-state index in [1.54, 1.807) is 36.4 Å². The maximum absolute atomic E-state index is 13.8. The van der Waals surface area contributed by atoms with Gasteiger partial charge >= 0.3 is 11.9 Å². The van der Waals surface area contributed by atoms with Gasteiger partial charge in [0.1, 0.15) is 0 Å². The summed E-state index contributed by atoms with van der Waals surface area (Å²) in [7, 11) is 0. The first-order valence-electron chi connectivity index (χ1n) is 9.00. The van der Waals surface area contributed by atoms with Gasteiger partial charge in [-0.25, -0.2) is 18.4 Å². The minimum Gasteiger partial charge on any atom is -0.420 e. The van der Waals surface area contributed by atoms with Gasteiger partial charge in [-0.2, -0.15) is 0 Å². The molecule has 0 bridgehead atoms. The summed E-state index contributed by atoms with van der Waals surface area (Å²) in [6.45, 7) is 0. The third-order valence-corrected chi connectivity index (χ3v) is 4.44. The van der Waals surface area contributed by atoms with Crippen LogP contribution in [0.25, 0.3) is 10.8 Å². The number of carbonyl (C=O) groups is 2. The van der Waals surface area contributed by atoms with E-state index in [2.05, 4.69) is 0 Å². The van der Waals surface area contributed by atoms with Gasteiger partial charge in [-0.05, 0) is 47.2 Å². The summed E-state index contributed by atoms with van der Waals surface area (Å²) in [6, 6.07) is 20.5. The smallest absolute Gasteiger partial charge is 0.344 e. The third-order valence-electron chi connectivity index (χ3n) is 4.44. The topological polar surface area (TPSA) is 52.6 Å². The Morgan fingerprint density at radius 2 is 0.900 bits per heavy atom. The molecule has 0 aromatic heterocycles. The molecule has 0 saturated heterocycles. The van der Waals surface area contributed by atoms with Crippen molar-refractivity contribution >= 4 is 22.7 Å². The largest absolute Gasteiger partial charge is 0.420 e. The van der Waals surface area contributed by atoms with Gasteiger partial charge in [-0.3, -0.25) is 0 Å². The highest BCUT2D eigenvalue weighted by Crippen LogP contribution is 2.27. The van der Waals surface area contributed by atoms with Crippen LogP contribution in [0.3, 0.4) is 0 Å². The Morgan fingerprint density at radius 3 is 1.30 bits per heavy atom. The molecule has 4 aromatic carbocycles. The molecule has 0 aliphatic heterocycles. The Balaban J connectivity index is 1.70. The zero-order valence-corrected chi connectivity index (χ0v) is 15.5. The summed E-state index contributed by atoms with van der Waals surface area (Å²) in [5.74, 6) is -3.28. The fourth-order valence-electron chi connectivity index (χ4n) is 3.02. The van der Waals surface area contributed by atoms with E-state index < -0.39 is 23.6 Å². The molecule has 0 N–H and O–H groups in total. The lowest BCUT2D eigenvalue weighted by molar-refractivity contribution is 0.0717. The molecule has 0 amide bonds. The second-order valence-corrected chi connectivity index (χ2v) is 6.35. The third kappa shape index (κ3) is 3.75. The highest BCUT2D eigenvalue weighted by molar-refractivity contribution is 6.12. The average molecular weight is 404 g/mol. The van der Waals surface area contributed by atoms with Gasteiger partial charge in [0.25, 0.3) is 0 Å². The molecule has 0 atom stereocenters. The van der Waals surface area contributed by atoms with E-state index in [-0.39, 0.29) is 22.6 Å². The molecule has 30 heavy (non-hydrogen) atoms. The van der Waals surface area contributed by atoms with Crippen LogP contribution in [0.1, 0.15) is 20.7 Å². The minimum absolute atomic E-state index is 0.149. The van der Waals surface area contributed by atoms with Crippen LogP contribution in [0.4, 0.5) is 8.78 Å². The zero-order valence-electron chi connectivity index (χ0n) is 15.5. The van der Waals surface area contributed by atoms with Gasteiger partial charge in [-0.15, -0.1) is 0 Å². The van der Waals surface area contributed by atoms with Crippen LogP contribution in [0, 0.1) is 11.6 Å². The maximum atomic E-state index is 13.8. The number of hydrogen-bond acceptors (Lipinski definition) is 4. The monoisotopic (exact) mass is 404 g/mol. The first-order valence-corrected chi connectivity index (χ1v) is 9.00. The van der Waals surface area contributed by atoms with Crippen LogP contribution < -0.4 is 9.47 Å². The zero-order chi connectivity index (χ0) is 21.1. The number of carbonyl (C=O) groups excluding carboxylic acids is 2.